The van der Waals surface area contributed by atoms with E-state index in [1.165, 1.54) is 17.5 Å². The smallest absolute Gasteiger partial charge is 0.137 e. The third-order valence-corrected chi connectivity index (χ3v) is 5.13. The first-order valence-corrected chi connectivity index (χ1v) is 7.58. The molecule has 6 heteroatoms. The highest BCUT2D eigenvalue weighted by Gasteiger charge is 2.35. The Hall–Kier alpha value is -1.17. The predicted molar refractivity (Wildman–Crippen MR) is 76.0 cm³/mol. The number of ether oxygens (including phenoxy) is 1. The second kappa shape index (κ2) is 4.16. The zero-order valence-corrected chi connectivity index (χ0v) is 12.7. The Bertz CT molecular complexity index is 733. The molecule has 4 heterocycles. The fourth-order valence-electron chi connectivity index (χ4n) is 2.65. The third-order valence-electron chi connectivity index (χ3n) is 3.71. The lowest BCUT2D eigenvalue weighted by Gasteiger charge is -2.21. The molecule has 0 bridgehead atoms. The van der Waals surface area contributed by atoms with Crippen LogP contribution in [0.15, 0.2) is 22.4 Å². The summed E-state index contributed by atoms with van der Waals surface area (Å²) in [6.07, 6.45) is 2.23. The maximum absolute atomic E-state index is 6.16. The maximum atomic E-state index is 6.16. The molecule has 0 spiro atoms. The molecule has 0 amide bonds. The molecule has 0 N–H and O–H groups in total. The Balaban J connectivity index is 1.85. The monoisotopic (exact) mass is 305 g/mol. The van der Waals surface area contributed by atoms with E-state index in [0.29, 0.717) is 11.8 Å². The van der Waals surface area contributed by atoms with Crippen LogP contribution in [0.3, 0.4) is 0 Å². The van der Waals surface area contributed by atoms with Gasteiger partial charge in [-0.15, -0.1) is 0 Å². The van der Waals surface area contributed by atoms with Crippen LogP contribution in [0.5, 0.6) is 0 Å². The molecule has 0 unspecified atom stereocenters. The highest BCUT2D eigenvalue weighted by molar-refractivity contribution is 7.99. The van der Waals surface area contributed by atoms with Crippen molar-refractivity contribution < 1.29 is 4.74 Å². The zero-order valence-electron chi connectivity index (χ0n) is 11.1. The summed E-state index contributed by atoms with van der Waals surface area (Å²) in [4.78, 5) is 13.2. The molecule has 0 saturated heterocycles. The molecular formula is C14H12ClN3OS. The molecule has 2 aromatic heterocycles. The van der Waals surface area contributed by atoms with Crippen LogP contribution in [0.25, 0.3) is 0 Å². The van der Waals surface area contributed by atoms with E-state index in [4.69, 9.17) is 21.3 Å². The van der Waals surface area contributed by atoms with Gasteiger partial charge in [-0.1, -0.05) is 11.6 Å². The number of rotatable bonds is 0. The van der Waals surface area contributed by atoms with E-state index in [1.54, 1.807) is 11.8 Å². The van der Waals surface area contributed by atoms with Gasteiger partial charge in [0.1, 0.15) is 27.1 Å². The van der Waals surface area contributed by atoms with Gasteiger partial charge in [-0.3, -0.25) is 0 Å². The largest absolute Gasteiger partial charge is 0.365 e. The molecule has 0 saturated carbocycles. The molecule has 4 rings (SSSR count). The lowest BCUT2D eigenvalue weighted by atomic mass is 10.00. The van der Waals surface area contributed by atoms with Gasteiger partial charge in [-0.2, -0.15) is 0 Å². The van der Waals surface area contributed by atoms with Gasteiger partial charge in [-0.05, 0) is 37.2 Å². The molecule has 2 aliphatic heterocycles. The van der Waals surface area contributed by atoms with Gasteiger partial charge in [0.15, 0.2) is 0 Å². The van der Waals surface area contributed by atoms with E-state index in [2.05, 4.69) is 29.9 Å². The van der Waals surface area contributed by atoms with Gasteiger partial charge in [-0.25, -0.2) is 15.0 Å². The van der Waals surface area contributed by atoms with Crippen molar-refractivity contribution in [1.82, 2.24) is 15.0 Å². The average Bonchev–Trinajstić information content (AvgIpc) is 2.71. The molecule has 4 nitrogen and oxygen atoms in total. The maximum Gasteiger partial charge on any atom is 0.137 e. The normalized spacial score (nSPS) is 18.4. The third kappa shape index (κ3) is 1.77. The van der Waals surface area contributed by atoms with E-state index in [-0.39, 0.29) is 5.60 Å². The molecule has 0 aromatic carbocycles. The van der Waals surface area contributed by atoms with Crippen LogP contribution in [-0.4, -0.2) is 15.0 Å². The summed E-state index contributed by atoms with van der Waals surface area (Å²) < 4.78 is 5.81. The first kappa shape index (κ1) is 12.6. The van der Waals surface area contributed by atoms with Crippen molar-refractivity contribution in [2.24, 2.45) is 0 Å². The molecule has 0 aliphatic carbocycles. The van der Waals surface area contributed by atoms with Crippen molar-refractivity contribution in [2.75, 3.05) is 0 Å². The summed E-state index contributed by atoms with van der Waals surface area (Å²) in [5.74, 6) is 0. The first-order chi connectivity index (χ1) is 9.54. The van der Waals surface area contributed by atoms with Crippen LogP contribution in [0.2, 0.25) is 5.15 Å². The van der Waals surface area contributed by atoms with Gasteiger partial charge >= 0.3 is 0 Å². The van der Waals surface area contributed by atoms with Crippen molar-refractivity contribution in [3.05, 3.63) is 39.9 Å². The molecule has 102 valence electrons. The fourth-order valence-corrected chi connectivity index (χ4v) is 3.88. The quantitative estimate of drug-likeness (QED) is 0.596. The highest BCUT2D eigenvalue weighted by atomic mass is 35.5. The number of nitrogens with zero attached hydrogens (tertiary/aromatic N) is 3. The topological polar surface area (TPSA) is 47.9 Å². The van der Waals surface area contributed by atoms with Crippen LogP contribution < -0.4 is 0 Å². The molecule has 0 fully saturated rings. The average molecular weight is 306 g/mol. The molecule has 0 atom stereocenters. The summed E-state index contributed by atoms with van der Waals surface area (Å²) in [5.41, 5.74) is 4.07. The zero-order chi connectivity index (χ0) is 13.9. The van der Waals surface area contributed by atoms with Crippen LogP contribution in [-0.2, 0) is 23.4 Å². The molecule has 0 radical (unpaired) electrons. The Morgan fingerprint density at radius 2 is 2.10 bits per heavy atom. The Kier molecular flexibility index (Phi) is 2.61. The lowest BCUT2D eigenvalue weighted by Crippen LogP contribution is -2.17. The Morgan fingerprint density at radius 3 is 2.95 bits per heavy atom. The lowest BCUT2D eigenvalue weighted by molar-refractivity contribution is -0.0103. The van der Waals surface area contributed by atoms with E-state index in [0.717, 1.165) is 27.7 Å². The number of hydrogen-bond donors (Lipinski definition) is 0. The van der Waals surface area contributed by atoms with E-state index in [9.17, 15) is 0 Å². The van der Waals surface area contributed by atoms with Gasteiger partial charge in [0.25, 0.3) is 0 Å². The SMILES string of the molecule is CC1(C)OCc2cc3c(nc21)Sc1ncnc(Cl)c1C3. The van der Waals surface area contributed by atoms with Crippen molar-refractivity contribution in [1.29, 1.82) is 0 Å². The number of hydrogen-bond acceptors (Lipinski definition) is 5. The van der Waals surface area contributed by atoms with Crippen LogP contribution in [0, 0.1) is 0 Å². The highest BCUT2D eigenvalue weighted by Crippen LogP contribution is 2.43. The minimum Gasteiger partial charge on any atom is -0.365 e. The number of pyridine rings is 1. The van der Waals surface area contributed by atoms with E-state index < -0.39 is 0 Å². The van der Waals surface area contributed by atoms with Crippen molar-refractivity contribution in [3.8, 4) is 0 Å². The van der Waals surface area contributed by atoms with Crippen molar-refractivity contribution in [2.45, 2.75) is 42.5 Å². The number of fused-ring (bicyclic) bond motifs is 3. The van der Waals surface area contributed by atoms with Gasteiger partial charge < -0.3 is 4.74 Å². The summed E-state index contributed by atoms with van der Waals surface area (Å²) in [6, 6.07) is 2.19. The summed E-state index contributed by atoms with van der Waals surface area (Å²) in [5, 5.41) is 2.44. The summed E-state index contributed by atoms with van der Waals surface area (Å²) in [6.45, 7) is 4.73. The minimum absolute atomic E-state index is 0.311. The van der Waals surface area contributed by atoms with E-state index >= 15 is 0 Å². The van der Waals surface area contributed by atoms with Crippen LogP contribution >= 0.6 is 23.4 Å². The molecule has 2 aliphatic rings. The number of aromatic nitrogens is 3. The second-order valence-corrected chi connectivity index (χ2v) is 6.82. The minimum atomic E-state index is -0.311. The van der Waals surface area contributed by atoms with E-state index in [1.807, 2.05) is 0 Å². The molecule has 2 aromatic rings. The molecular weight excluding hydrogens is 294 g/mol. The summed E-state index contributed by atoms with van der Waals surface area (Å²) in [7, 11) is 0. The van der Waals surface area contributed by atoms with Gasteiger partial charge in [0.2, 0.25) is 0 Å². The summed E-state index contributed by atoms with van der Waals surface area (Å²) >= 11 is 7.72. The first-order valence-electron chi connectivity index (χ1n) is 6.39. The molecule has 20 heavy (non-hydrogen) atoms. The standard InChI is InChI=1S/C14H12ClN3OS/c1-14(2)10-8(5-19-14)3-7-4-9-11(15)16-6-17-13(9)20-12(7)18-10/h3,6H,4-5H2,1-2H3. The predicted octanol–water partition coefficient (Wildman–Crippen LogP) is 3.35. The second-order valence-electron chi connectivity index (χ2n) is 5.49. The number of halogens is 1. The van der Waals surface area contributed by atoms with Crippen LogP contribution in [0.1, 0.15) is 36.2 Å². The van der Waals surface area contributed by atoms with Crippen molar-refractivity contribution >= 4 is 23.4 Å². The van der Waals surface area contributed by atoms with Gasteiger partial charge in [0.05, 0.1) is 12.3 Å². The Morgan fingerprint density at radius 1 is 1.25 bits per heavy atom. The fraction of sp³-hybridized carbons (Fsp3) is 0.357. The van der Waals surface area contributed by atoms with Crippen molar-refractivity contribution in [3.63, 3.8) is 0 Å². The van der Waals surface area contributed by atoms with Gasteiger partial charge in [0, 0.05) is 17.5 Å². The Labute approximate surface area is 126 Å². The van der Waals surface area contributed by atoms with Crippen LogP contribution in [0.4, 0.5) is 0 Å².